The SMILES string of the molecule is COc1ccc(N(C(=O)C2CC(=O)N(c3cc(OC)c(OC)c(OC)c3)C2)C(C)C2CC2)cc1. The number of anilines is 2. The van der Waals surface area contributed by atoms with E-state index in [-0.39, 0.29) is 24.3 Å². The van der Waals surface area contributed by atoms with Crippen molar-refractivity contribution in [1.29, 1.82) is 0 Å². The van der Waals surface area contributed by atoms with Gasteiger partial charge >= 0.3 is 0 Å². The Hall–Kier alpha value is -3.42. The average molecular weight is 469 g/mol. The summed E-state index contributed by atoms with van der Waals surface area (Å²) in [4.78, 5) is 30.3. The molecule has 1 aliphatic carbocycles. The van der Waals surface area contributed by atoms with Gasteiger partial charge in [-0.1, -0.05) is 0 Å². The molecular formula is C26H32N2O6. The highest BCUT2D eigenvalue weighted by Gasteiger charge is 2.42. The summed E-state index contributed by atoms with van der Waals surface area (Å²) in [6.07, 6.45) is 2.38. The highest BCUT2D eigenvalue weighted by molar-refractivity contribution is 6.05. The molecule has 0 radical (unpaired) electrons. The maximum Gasteiger partial charge on any atom is 0.232 e. The number of carbonyl (C=O) groups is 2. The molecule has 2 unspecified atom stereocenters. The van der Waals surface area contributed by atoms with Crippen LogP contribution in [0.25, 0.3) is 0 Å². The molecule has 34 heavy (non-hydrogen) atoms. The summed E-state index contributed by atoms with van der Waals surface area (Å²) < 4.78 is 21.5. The molecule has 0 spiro atoms. The van der Waals surface area contributed by atoms with Crippen molar-refractivity contribution < 1.29 is 28.5 Å². The molecule has 8 nitrogen and oxygen atoms in total. The van der Waals surface area contributed by atoms with E-state index in [4.69, 9.17) is 18.9 Å². The molecule has 2 aromatic rings. The molecule has 2 amide bonds. The molecule has 1 saturated heterocycles. The Bertz CT molecular complexity index is 1020. The number of nitrogens with zero attached hydrogens (tertiary/aromatic N) is 2. The van der Waals surface area contributed by atoms with Gasteiger partial charge in [0.15, 0.2) is 11.5 Å². The van der Waals surface area contributed by atoms with Crippen LogP contribution in [0.5, 0.6) is 23.0 Å². The fourth-order valence-electron chi connectivity index (χ4n) is 4.64. The van der Waals surface area contributed by atoms with Crippen molar-refractivity contribution in [3.05, 3.63) is 36.4 Å². The van der Waals surface area contributed by atoms with Gasteiger partial charge in [-0.3, -0.25) is 9.59 Å². The van der Waals surface area contributed by atoms with Crippen LogP contribution < -0.4 is 28.7 Å². The number of amides is 2. The van der Waals surface area contributed by atoms with Crippen LogP contribution in [-0.4, -0.2) is 52.8 Å². The summed E-state index contributed by atoms with van der Waals surface area (Å²) in [7, 11) is 6.22. The molecule has 2 atom stereocenters. The van der Waals surface area contributed by atoms with Crippen molar-refractivity contribution in [2.75, 3.05) is 44.8 Å². The molecule has 4 rings (SSSR count). The zero-order valence-electron chi connectivity index (χ0n) is 20.4. The monoisotopic (exact) mass is 468 g/mol. The normalized spacial score (nSPS) is 18.4. The summed E-state index contributed by atoms with van der Waals surface area (Å²) in [6, 6.07) is 11.1. The number of rotatable bonds is 9. The van der Waals surface area contributed by atoms with E-state index in [2.05, 4.69) is 6.92 Å². The maximum absolute atomic E-state index is 13.8. The largest absolute Gasteiger partial charge is 0.497 e. The van der Waals surface area contributed by atoms with Crippen LogP contribution in [0.15, 0.2) is 36.4 Å². The first kappa shape index (κ1) is 23.7. The highest BCUT2D eigenvalue weighted by Crippen LogP contribution is 2.43. The minimum Gasteiger partial charge on any atom is -0.497 e. The van der Waals surface area contributed by atoms with Crippen LogP contribution in [0.4, 0.5) is 11.4 Å². The van der Waals surface area contributed by atoms with Crippen molar-refractivity contribution in [2.24, 2.45) is 11.8 Å². The first-order chi connectivity index (χ1) is 16.4. The van der Waals surface area contributed by atoms with Gasteiger partial charge < -0.3 is 28.7 Å². The van der Waals surface area contributed by atoms with Crippen LogP contribution in [0, 0.1) is 11.8 Å². The molecule has 2 fully saturated rings. The van der Waals surface area contributed by atoms with Gasteiger partial charge in [-0.2, -0.15) is 0 Å². The Kier molecular flexibility index (Phi) is 6.86. The van der Waals surface area contributed by atoms with E-state index >= 15 is 0 Å². The predicted octanol–water partition coefficient (Wildman–Crippen LogP) is 3.91. The van der Waals surface area contributed by atoms with Gasteiger partial charge in [0, 0.05) is 36.8 Å². The lowest BCUT2D eigenvalue weighted by atomic mass is 10.0. The third-order valence-electron chi connectivity index (χ3n) is 6.73. The molecule has 1 heterocycles. The first-order valence-corrected chi connectivity index (χ1v) is 11.5. The number of carbonyl (C=O) groups excluding carboxylic acids is 2. The summed E-state index contributed by atoms with van der Waals surface area (Å²) in [6.45, 7) is 2.38. The second kappa shape index (κ2) is 9.83. The van der Waals surface area contributed by atoms with Gasteiger partial charge in [0.1, 0.15) is 5.75 Å². The third-order valence-corrected chi connectivity index (χ3v) is 6.73. The van der Waals surface area contributed by atoms with Crippen molar-refractivity contribution in [1.82, 2.24) is 0 Å². The van der Waals surface area contributed by atoms with Crippen LogP contribution in [-0.2, 0) is 9.59 Å². The average Bonchev–Trinajstić information content (AvgIpc) is 3.64. The Labute approximate surface area is 200 Å². The summed E-state index contributed by atoms with van der Waals surface area (Å²) >= 11 is 0. The van der Waals surface area contributed by atoms with Gasteiger partial charge in [-0.25, -0.2) is 0 Å². The molecular weight excluding hydrogens is 436 g/mol. The molecule has 182 valence electrons. The molecule has 2 aliphatic rings. The second-order valence-electron chi connectivity index (χ2n) is 8.77. The number of hydrogen-bond donors (Lipinski definition) is 0. The number of methoxy groups -OCH3 is 4. The lowest BCUT2D eigenvalue weighted by molar-refractivity contribution is -0.124. The second-order valence-corrected chi connectivity index (χ2v) is 8.77. The van der Waals surface area contributed by atoms with Crippen LogP contribution in [0.1, 0.15) is 26.2 Å². The van der Waals surface area contributed by atoms with Crippen LogP contribution >= 0.6 is 0 Å². The minimum absolute atomic E-state index is 0.0344. The lowest BCUT2D eigenvalue weighted by Crippen LogP contribution is -2.44. The van der Waals surface area contributed by atoms with Crippen molar-refractivity contribution >= 4 is 23.2 Å². The third kappa shape index (κ3) is 4.49. The van der Waals surface area contributed by atoms with Crippen LogP contribution in [0.2, 0.25) is 0 Å². The molecule has 8 heteroatoms. The topological polar surface area (TPSA) is 77.5 Å². The summed E-state index contributed by atoms with van der Waals surface area (Å²) in [5.41, 5.74) is 1.44. The van der Waals surface area contributed by atoms with Gasteiger partial charge in [0.2, 0.25) is 17.6 Å². The van der Waals surface area contributed by atoms with Crippen molar-refractivity contribution in [3.8, 4) is 23.0 Å². The molecule has 0 bridgehead atoms. The summed E-state index contributed by atoms with van der Waals surface area (Å²) in [5.74, 6) is 2.00. The molecule has 0 aromatic heterocycles. The highest BCUT2D eigenvalue weighted by atomic mass is 16.5. The van der Waals surface area contributed by atoms with Gasteiger partial charge in [0.25, 0.3) is 0 Å². The quantitative estimate of drug-likeness (QED) is 0.556. The fourth-order valence-corrected chi connectivity index (χ4v) is 4.64. The molecule has 1 aliphatic heterocycles. The van der Waals surface area contributed by atoms with Gasteiger partial charge in [0.05, 0.1) is 40.0 Å². The molecule has 1 saturated carbocycles. The Morgan fingerprint density at radius 3 is 2.09 bits per heavy atom. The summed E-state index contributed by atoms with van der Waals surface area (Å²) in [5, 5.41) is 0. The number of hydrogen-bond acceptors (Lipinski definition) is 6. The van der Waals surface area contributed by atoms with Crippen LogP contribution in [0.3, 0.4) is 0 Å². The van der Waals surface area contributed by atoms with E-state index in [9.17, 15) is 9.59 Å². The predicted molar refractivity (Wildman–Crippen MR) is 129 cm³/mol. The van der Waals surface area contributed by atoms with Crippen molar-refractivity contribution in [2.45, 2.75) is 32.2 Å². The van der Waals surface area contributed by atoms with E-state index in [0.29, 0.717) is 35.4 Å². The van der Waals surface area contributed by atoms with Gasteiger partial charge in [-0.15, -0.1) is 0 Å². The zero-order chi connectivity index (χ0) is 24.4. The van der Waals surface area contributed by atoms with E-state index in [1.807, 2.05) is 29.2 Å². The van der Waals surface area contributed by atoms with E-state index in [1.54, 1.807) is 24.1 Å². The smallest absolute Gasteiger partial charge is 0.232 e. The van der Waals surface area contributed by atoms with E-state index in [1.165, 1.54) is 21.3 Å². The Morgan fingerprint density at radius 2 is 1.59 bits per heavy atom. The van der Waals surface area contributed by atoms with Crippen molar-refractivity contribution in [3.63, 3.8) is 0 Å². The fraction of sp³-hybridized carbons (Fsp3) is 0.462. The minimum atomic E-state index is -0.449. The molecule has 2 aromatic carbocycles. The Balaban J connectivity index is 1.61. The molecule has 0 N–H and O–H groups in total. The number of benzene rings is 2. The number of ether oxygens (including phenoxy) is 4. The Morgan fingerprint density at radius 1 is 0.971 bits per heavy atom. The van der Waals surface area contributed by atoms with E-state index < -0.39 is 5.92 Å². The van der Waals surface area contributed by atoms with E-state index in [0.717, 1.165) is 24.3 Å². The lowest BCUT2D eigenvalue weighted by Gasteiger charge is -2.32. The zero-order valence-corrected chi connectivity index (χ0v) is 20.4. The standard InChI is InChI=1S/C26H32N2O6/c1-16(17-6-7-17)28(19-8-10-21(31-2)11-9-19)26(30)18-12-24(29)27(15-18)20-13-22(32-3)25(34-5)23(14-20)33-4/h8-11,13-14,16-18H,6-7,12,15H2,1-5H3. The first-order valence-electron chi connectivity index (χ1n) is 11.5. The maximum atomic E-state index is 13.8. The van der Waals surface area contributed by atoms with Gasteiger partial charge in [-0.05, 0) is 49.9 Å².